The van der Waals surface area contributed by atoms with E-state index in [1.807, 2.05) is 37.3 Å². The lowest BCUT2D eigenvalue weighted by Crippen LogP contribution is -2.14. The van der Waals surface area contributed by atoms with E-state index in [1.54, 1.807) is 12.4 Å². The number of halogens is 1. The third kappa shape index (κ3) is 3.79. The van der Waals surface area contributed by atoms with Crippen LogP contribution in [0.25, 0.3) is 0 Å². The molecule has 1 heterocycles. The molecule has 1 amide bonds. The minimum atomic E-state index is -0.494. The number of rotatable bonds is 3. The summed E-state index contributed by atoms with van der Waals surface area (Å²) < 4.78 is 5.97. The molecule has 0 atom stereocenters. The standard InChI is InChI=1S/C14H13BrN2O2/c1-10-12(15)7-16-8-13(10)17-14(18)19-9-11-5-3-2-4-6-11/h2-8H,9H2,1H3,(H,17,18). The first kappa shape index (κ1) is 13.5. The van der Waals surface area contributed by atoms with E-state index in [0.717, 1.165) is 15.6 Å². The van der Waals surface area contributed by atoms with Crippen molar-refractivity contribution in [1.29, 1.82) is 0 Å². The summed E-state index contributed by atoms with van der Waals surface area (Å²) in [6.45, 7) is 2.13. The molecule has 0 aliphatic carbocycles. The summed E-state index contributed by atoms with van der Waals surface area (Å²) in [5, 5.41) is 2.67. The van der Waals surface area contributed by atoms with Gasteiger partial charge in [0.25, 0.3) is 0 Å². The smallest absolute Gasteiger partial charge is 0.412 e. The molecule has 19 heavy (non-hydrogen) atoms. The Labute approximate surface area is 119 Å². The van der Waals surface area contributed by atoms with Gasteiger partial charge in [-0.05, 0) is 34.0 Å². The van der Waals surface area contributed by atoms with E-state index in [-0.39, 0.29) is 6.61 Å². The summed E-state index contributed by atoms with van der Waals surface area (Å²) in [5.41, 5.74) is 2.49. The molecule has 2 rings (SSSR count). The monoisotopic (exact) mass is 320 g/mol. The molecule has 0 radical (unpaired) electrons. The van der Waals surface area contributed by atoms with Crippen molar-refractivity contribution in [2.24, 2.45) is 0 Å². The van der Waals surface area contributed by atoms with Crippen molar-refractivity contribution in [3.8, 4) is 0 Å². The van der Waals surface area contributed by atoms with Crippen molar-refractivity contribution in [2.75, 3.05) is 5.32 Å². The average molecular weight is 321 g/mol. The summed E-state index contributed by atoms with van der Waals surface area (Å²) in [7, 11) is 0. The largest absolute Gasteiger partial charge is 0.444 e. The average Bonchev–Trinajstić information content (AvgIpc) is 2.43. The van der Waals surface area contributed by atoms with Gasteiger partial charge in [0.1, 0.15) is 6.61 Å². The molecule has 0 aliphatic rings. The maximum atomic E-state index is 11.7. The molecule has 0 bridgehead atoms. The highest BCUT2D eigenvalue weighted by Gasteiger charge is 2.08. The van der Waals surface area contributed by atoms with Gasteiger partial charge in [0.15, 0.2) is 0 Å². The number of amides is 1. The van der Waals surface area contributed by atoms with Crippen molar-refractivity contribution in [3.63, 3.8) is 0 Å². The molecule has 0 saturated carbocycles. The summed E-state index contributed by atoms with van der Waals surface area (Å²) in [5.74, 6) is 0. The fourth-order valence-electron chi connectivity index (χ4n) is 1.49. The third-order valence-electron chi connectivity index (χ3n) is 2.60. The van der Waals surface area contributed by atoms with E-state index in [1.165, 1.54) is 0 Å². The number of aromatic nitrogens is 1. The molecule has 1 aromatic carbocycles. The number of carbonyl (C=O) groups excluding carboxylic acids is 1. The van der Waals surface area contributed by atoms with E-state index in [0.29, 0.717) is 5.69 Å². The zero-order chi connectivity index (χ0) is 13.7. The van der Waals surface area contributed by atoms with Crippen LogP contribution in [-0.4, -0.2) is 11.1 Å². The topological polar surface area (TPSA) is 51.2 Å². The number of ether oxygens (including phenoxy) is 1. The minimum absolute atomic E-state index is 0.243. The van der Waals surface area contributed by atoms with Crippen molar-refractivity contribution < 1.29 is 9.53 Å². The SMILES string of the molecule is Cc1c(Br)cncc1NC(=O)OCc1ccccc1. The molecule has 2 aromatic rings. The minimum Gasteiger partial charge on any atom is -0.444 e. The Balaban J connectivity index is 1.93. The number of benzene rings is 1. The maximum absolute atomic E-state index is 11.7. The van der Waals surface area contributed by atoms with Gasteiger partial charge in [0.2, 0.25) is 0 Å². The molecule has 0 spiro atoms. The highest BCUT2D eigenvalue weighted by Crippen LogP contribution is 2.22. The van der Waals surface area contributed by atoms with Crippen LogP contribution in [0.3, 0.4) is 0 Å². The second-order valence-electron chi connectivity index (χ2n) is 3.98. The Kier molecular flexibility index (Phi) is 4.52. The van der Waals surface area contributed by atoms with Crippen molar-refractivity contribution in [1.82, 2.24) is 4.98 Å². The predicted molar refractivity (Wildman–Crippen MR) is 76.9 cm³/mol. The maximum Gasteiger partial charge on any atom is 0.412 e. The Hall–Kier alpha value is -1.88. The van der Waals surface area contributed by atoms with E-state index in [9.17, 15) is 4.79 Å². The lowest BCUT2D eigenvalue weighted by Gasteiger charge is -2.09. The molecule has 4 nitrogen and oxygen atoms in total. The number of pyridine rings is 1. The lowest BCUT2D eigenvalue weighted by atomic mass is 10.2. The fraction of sp³-hybridized carbons (Fsp3) is 0.143. The Bertz CT molecular complexity index is 573. The summed E-state index contributed by atoms with van der Waals surface area (Å²) in [4.78, 5) is 15.7. The van der Waals surface area contributed by atoms with Gasteiger partial charge < -0.3 is 4.74 Å². The van der Waals surface area contributed by atoms with Gasteiger partial charge in [-0.25, -0.2) is 4.79 Å². The number of nitrogens with one attached hydrogen (secondary N) is 1. The summed E-state index contributed by atoms with van der Waals surface area (Å²) in [6.07, 6.45) is 2.77. The van der Waals surface area contributed by atoms with Crippen molar-refractivity contribution in [2.45, 2.75) is 13.5 Å². The Morgan fingerprint density at radius 1 is 1.32 bits per heavy atom. The zero-order valence-electron chi connectivity index (χ0n) is 10.4. The highest BCUT2D eigenvalue weighted by atomic mass is 79.9. The molecule has 0 fully saturated rings. The normalized spacial score (nSPS) is 10.0. The van der Waals surface area contributed by atoms with Gasteiger partial charge in [-0.15, -0.1) is 0 Å². The number of anilines is 1. The lowest BCUT2D eigenvalue weighted by molar-refractivity contribution is 0.155. The quantitative estimate of drug-likeness (QED) is 0.933. The molecule has 0 unspecified atom stereocenters. The van der Waals surface area contributed by atoms with Crippen LogP contribution in [0.2, 0.25) is 0 Å². The molecular formula is C14H13BrN2O2. The number of hydrogen-bond acceptors (Lipinski definition) is 3. The van der Waals surface area contributed by atoms with Gasteiger partial charge in [-0.3, -0.25) is 10.3 Å². The second-order valence-corrected chi connectivity index (χ2v) is 4.83. The number of hydrogen-bond donors (Lipinski definition) is 1. The van der Waals surface area contributed by atoms with Crippen LogP contribution in [0, 0.1) is 6.92 Å². The van der Waals surface area contributed by atoms with Gasteiger partial charge in [-0.1, -0.05) is 30.3 Å². The first-order chi connectivity index (χ1) is 9.16. The van der Waals surface area contributed by atoms with Crippen molar-refractivity contribution in [3.05, 3.63) is 58.3 Å². The van der Waals surface area contributed by atoms with Gasteiger partial charge in [0, 0.05) is 10.7 Å². The molecule has 1 N–H and O–H groups in total. The number of nitrogens with zero attached hydrogens (tertiary/aromatic N) is 1. The zero-order valence-corrected chi connectivity index (χ0v) is 12.0. The Morgan fingerprint density at radius 2 is 2.05 bits per heavy atom. The van der Waals surface area contributed by atoms with Crippen molar-refractivity contribution >= 4 is 27.7 Å². The Morgan fingerprint density at radius 3 is 2.79 bits per heavy atom. The van der Waals surface area contributed by atoms with Crippen LogP contribution in [0.5, 0.6) is 0 Å². The van der Waals surface area contributed by atoms with E-state index >= 15 is 0 Å². The predicted octanol–water partition coefficient (Wildman–Crippen LogP) is 3.90. The fourth-order valence-corrected chi connectivity index (χ4v) is 1.83. The van der Waals surface area contributed by atoms with Crippen LogP contribution < -0.4 is 5.32 Å². The second kappa shape index (κ2) is 6.33. The van der Waals surface area contributed by atoms with Gasteiger partial charge in [-0.2, -0.15) is 0 Å². The molecule has 5 heteroatoms. The van der Waals surface area contributed by atoms with Crippen LogP contribution in [-0.2, 0) is 11.3 Å². The van der Waals surface area contributed by atoms with E-state index in [2.05, 4.69) is 26.2 Å². The molecule has 0 aliphatic heterocycles. The highest BCUT2D eigenvalue weighted by molar-refractivity contribution is 9.10. The molecular weight excluding hydrogens is 308 g/mol. The first-order valence-electron chi connectivity index (χ1n) is 5.74. The van der Waals surface area contributed by atoms with Crippen LogP contribution >= 0.6 is 15.9 Å². The first-order valence-corrected chi connectivity index (χ1v) is 6.54. The molecule has 0 saturated heterocycles. The summed E-state index contributed by atoms with van der Waals surface area (Å²) >= 11 is 3.36. The van der Waals surface area contributed by atoms with Crippen LogP contribution in [0.1, 0.15) is 11.1 Å². The van der Waals surface area contributed by atoms with Gasteiger partial charge in [0.05, 0.1) is 11.9 Å². The van der Waals surface area contributed by atoms with E-state index in [4.69, 9.17) is 4.74 Å². The third-order valence-corrected chi connectivity index (χ3v) is 3.40. The van der Waals surface area contributed by atoms with Gasteiger partial charge >= 0.3 is 6.09 Å². The molecule has 1 aromatic heterocycles. The van der Waals surface area contributed by atoms with Crippen LogP contribution in [0.4, 0.5) is 10.5 Å². The van der Waals surface area contributed by atoms with Crippen LogP contribution in [0.15, 0.2) is 47.2 Å². The summed E-state index contributed by atoms with van der Waals surface area (Å²) in [6, 6.07) is 9.52. The number of carbonyl (C=O) groups is 1. The molecule has 98 valence electrons. The van der Waals surface area contributed by atoms with E-state index < -0.39 is 6.09 Å².